The fraction of sp³-hybridized carbons (Fsp3) is 0.125. The van der Waals surface area contributed by atoms with Crippen molar-refractivity contribution in [3.05, 3.63) is 65.2 Å². The van der Waals surface area contributed by atoms with Gasteiger partial charge >= 0.3 is 5.97 Å². The molecule has 0 fully saturated rings. The van der Waals surface area contributed by atoms with Gasteiger partial charge in [0.1, 0.15) is 6.29 Å². The number of aldehydes is 1. The topological polar surface area (TPSA) is 43.4 Å². The molecule has 0 saturated heterocycles. The molecule has 0 amide bonds. The van der Waals surface area contributed by atoms with Crippen LogP contribution in [0.3, 0.4) is 0 Å². The Bertz CT molecular complexity index is 608. The molecule has 20 heavy (non-hydrogen) atoms. The molecule has 102 valence electrons. The number of hydrogen-bond acceptors (Lipinski definition) is 4. The van der Waals surface area contributed by atoms with E-state index in [0.717, 1.165) is 22.5 Å². The van der Waals surface area contributed by atoms with Crippen molar-refractivity contribution in [2.45, 2.75) is 10.6 Å². The summed E-state index contributed by atoms with van der Waals surface area (Å²) in [5.74, 6) is 0.339. The van der Waals surface area contributed by atoms with E-state index in [1.165, 1.54) is 18.9 Å². The Morgan fingerprint density at radius 1 is 1.20 bits per heavy atom. The van der Waals surface area contributed by atoms with E-state index in [1.54, 1.807) is 18.2 Å². The van der Waals surface area contributed by atoms with E-state index in [9.17, 15) is 9.59 Å². The molecule has 0 aliphatic rings. The summed E-state index contributed by atoms with van der Waals surface area (Å²) >= 11 is 1.51. The number of methoxy groups -OCH3 is 1. The minimum atomic E-state index is -0.391. The molecule has 0 aliphatic heterocycles. The predicted octanol–water partition coefficient (Wildman–Crippen LogP) is 3.58. The molecule has 3 nitrogen and oxygen atoms in total. The quantitative estimate of drug-likeness (QED) is 0.479. The maximum absolute atomic E-state index is 11.7. The van der Waals surface area contributed by atoms with E-state index in [-0.39, 0.29) is 0 Å². The van der Waals surface area contributed by atoms with Gasteiger partial charge in [-0.3, -0.25) is 4.79 Å². The van der Waals surface area contributed by atoms with Crippen LogP contribution in [0.5, 0.6) is 0 Å². The Balaban J connectivity index is 2.24. The second kappa shape index (κ2) is 6.91. The maximum Gasteiger partial charge on any atom is 0.338 e. The van der Waals surface area contributed by atoms with Crippen LogP contribution in [0, 0.1) is 0 Å². The van der Waals surface area contributed by atoms with Gasteiger partial charge in [-0.05, 0) is 17.7 Å². The smallest absolute Gasteiger partial charge is 0.338 e. The van der Waals surface area contributed by atoms with Crippen molar-refractivity contribution in [1.82, 2.24) is 0 Å². The van der Waals surface area contributed by atoms with E-state index in [4.69, 9.17) is 4.74 Å². The third-order valence-electron chi connectivity index (χ3n) is 2.78. The van der Waals surface area contributed by atoms with Gasteiger partial charge in [0.05, 0.1) is 12.7 Å². The largest absolute Gasteiger partial charge is 0.465 e. The van der Waals surface area contributed by atoms with Crippen molar-refractivity contribution in [3.8, 4) is 0 Å². The summed E-state index contributed by atoms with van der Waals surface area (Å²) in [6.45, 7) is 0. The lowest BCUT2D eigenvalue weighted by molar-refractivity contribution is 0.0596. The molecule has 0 spiro atoms. The van der Waals surface area contributed by atoms with Crippen molar-refractivity contribution >= 4 is 24.0 Å². The van der Waals surface area contributed by atoms with Crippen LogP contribution in [-0.4, -0.2) is 19.4 Å². The third-order valence-corrected chi connectivity index (χ3v) is 3.91. The molecular formula is C16H14O3S. The zero-order chi connectivity index (χ0) is 14.4. The number of benzene rings is 2. The number of ether oxygens (including phenoxy) is 1. The number of esters is 1. The molecule has 2 rings (SSSR count). The highest BCUT2D eigenvalue weighted by Crippen LogP contribution is 2.27. The first-order valence-electron chi connectivity index (χ1n) is 6.09. The number of rotatable bonds is 5. The van der Waals surface area contributed by atoms with Gasteiger partial charge in [-0.1, -0.05) is 36.4 Å². The van der Waals surface area contributed by atoms with Crippen LogP contribution in [0.1, 0.15) is 26.3 Å². The molecule has 0 heterocycles. The van der Waals surface area contributed by atoms with E-state index in [1.807, 2.05) is 30.3 Å². The lowest BCUT2D eigenvalue weighted by Gasteiger charge is -2.08. The Morgan fingerprint density at radius 2 is 1.95 bits per heavy atom. The standard InChI is InChI=1S/C16H14O3S/c1-19-16(18)14-8-7-13(10-17)9-15(14)20-11-12-5-3-2-4-6-12/h2-10H,11H2,1H3. The molecular weight excluding hydrogens is 272 g/mol. The van der Waals surface area contributed by atoms with Gasteiger partial charge < -0.3 is 4.74 Å². The van der Waals surface area contributed by atoms with E-state index < -0.39 is 5.97 Å². The van der Waals surface area contributed by atoms with Crippen molar-refractivity contribution in [2.75, 3.05) is 7.11 Å². The average molecular weight is 286 g/mol. The summed E-state index contributed by atoms with van der Waals surface area (Å²) in [4.78, 5) is 23.3. The highest BCUT2D eigenvalue weighted by Gasteiger charge is 2.13. The molecule has 0 radical (unpaired) electrons. The Kier molecular flexibility index (Phi) is 4.96. The number of hydrogen-bond donors (Lipinski definition) is 0. The van der Waals surface area contributed by atoms with Crippen molar-refractivity contribution in [2.24, 2.45) is 0 Å². The summed E-state index contributed by atoms with van der Waals surface area (Å²) in [7, 11) is 1.35. The normalized spacial score (nSPS) is 10.1. The van der Waals surface area contributed by atoms with Crippen molar-refractivity contribution < 1.29 is 14.3 Å². The van der Waals surface area contributed by atoms with E-state index >= 15 is 0 Å². The van der Waals surface area contributed by atoms with Gasteiger partial charge in [-0.15, -0.1) is 11.8 Å². The van der Waals surface area contributed by atoms with E-state index in [2.05, 4.69) is 0 Å². The van der Waals surface area contributed by atoms with E-state index in [0.29, 0.717) is 11.1 Å². The molecule has 0 aliphatic carbocycles. The van der Waals surface area contributed by atoms with Crippen LogP contribution < -0.4 is 0 Å². The van der Waals surface area contributed by atoms with Crippen molar-refractivity contribution in [3.63, 3.8) is 0 Å². The Labute approximate surface area is 122 Å². The summed E-state index contributed by atoms with van der Waals surface area (Å²) in [5.41, 5.74) is 2.19. The molecule has 0 atom stereocenters. The predicted molar refractivity (Wildman–Crippen MR) is 79.2 cm³/mol. The molecule has 0 bridgehead atoms. The molecule has 2 aromatic rings. The molecule has 0 saturated carbocycles. The van der Waals surface area contributed by atoms with Crippen LogP contribution >= 0.6 is 11.8 Å². The van der Waals surface area contributed by atoms with Crippen LogP contribution in [0.2, 0.25) is 0 Å². The lowest BCUT2D eigenvalue weighted by atomic mass is 10.1. The average Bonchev–Trinajstić information content (AvgIpc) is 2.52. The lowest BCUT2D eigenvalue weighted by Crippen LogP contribution is -2.03. The monoisotopic (exact) mass is 286 g/mol. The second-order valence-corrected chi connectivity index (χ2v) is 5.16. The first kappa shape index (κ1) is 14.3. The number of carbonyl (C=O) groups excluding carboxylic acids is 2. The highest BCUT2D eigenvalue weighted by atomic mass is 32.2. The summed E-state index contributed by atoms with van der Waals surface area (Å²) in [5, 5.41) is 0. The summed E-state index contributed by atoms with van der Waals surface area (Å²) in [6.07, 6.45) is 0.771. The zero-order valence-corrected chi connectivity index (χ0v) is 11.9. The third kappa shape index (κ3) is 3.48. The fourth-order valence-electron chi connectivity index (χ4n) is 1.75. The molecule has 2 aromatic carbocycles. The van der Waals surface area contributed by atoms with Crippen LogP contribution in [0.15, 0.2) is 53.4 Å². The van der Waals surface area contributed by atoms with Crippen molar-refractivity contribution in [1.29, 1.82) is 0 Å². The molecule has 0 N–H and O–H groups in total. The van der Waals surface area contributed by atoms with Crippen LogP contribution in [-0.2, 0) is 10.5 Å². The zero-order valence-electron chi connectivity index (χ0n) is 11.0. The molecule has 4 heteroatoms. The van der Waals surface area contributed by atoms with Gasteiger partial charge in [0.25, 0.3) is 0 Å². The number of carbonyl (C=O) groups is 2. The number of thioether (sulfide) groups is 1. The minimum Gasteiger partial charge on any atom is -0.465 e. The van der Waals surface area contributed by atoms with Gasteiger partial charge in [0.15, 0.2) is 0 Å². The second-order valence-electron chi connectivity index (χ2n) is 4.14. The van der Waals surface area contributed by atoms with Gasteiger partial charge in [0, 0.05) is 16.2 Å². The Hall–Kier alpha value is -2.07. The Morgan fingerprint density at radius 3 is 2.60 bits per heavy atom. The molecule has 0 unspecified atom stereocenters. The first-order chi connectivity index (χ1) is 9.74. The first-order valence-corrected chi connectivity index (χ1v) is 7.07. The molecule has 0 aromatic heterocycles. The van der Waals surface area contributed by atoms with Crippen LogP contribution in [0.4, 0.5) is 0 Å². The van der Waals surface area contributed by atoms with Gasteiger partial charge in [-0.2, -0.15) is 0 Å². The fourth-order valence-corrected chi connectivity index (χ4v) is 2.79. The SMILES string of the molecule is COC(=O)c1ccc(C=O)cc1SCc1ccccc1. The van der Waals surface area contributed by atoms with Crippen LogP contribution in [0.25, 0.3) is 0 Å². The van der Waals surface area contributed by atoms with Gasteiger partial charge in [0.2, 0.25) is 0 Å². The van der Waals surface area contributed by atoms with Gasteiger partial charge in [-0.25, -0.2) is 4.79 Å². The minimum absolute atomic E-state index is 0.391. The maximum atomic E-state index is 11.7. The summed E-state index contributed by atoms with van der Waals surface area (Å²) < 4.78 is 4.76. The highest BCUT2D eigenvalue weighted by molar-refractivity contribution is 7.98. The summed E-state index contributed by atoms with van der Waals surface area (Å²) in [6, 6.07) is 14.9.